The number of carbonyl (C=O) groups is 1. The third-order valence-corrected chi connectivity index (χ3v) is 6.74. The number of hydrogen-bond acceptors (Lipinski definition) is 3. The zero-order chi connectivity index (χ0) is 21.8. The lowest BCUT2D eigenvalue weighted by Crippen LogP contribution is -2.35. The van der Waals surface area contributed by atoms with Gasteiger partial charge >= 0.3 is 0 Å². The Morgan fingerprint density at radius 2 is 1.84 bits per heavy atom. The lowest BCUT2D eigenvalue weighted by Gasteiger charge is -2.32. The molecule has 0 atom stereocenters. The predicted molar refractivity (Wildman–Crippen MR) is 127 cm³/mol. The Morgan fingerprint density at radius 1 is 1.10 bits per heavy atom. The van der Waals surface area contributed by atoms with Gasteiger partial charge in [0.2, 0.25) is 0 Å². The van der Waals surface area contributed by atoms with Gasteiger partial charge in [0.25, 0.3) is 0 Å². The fourth-order valence-corrected chi connectivity index (χ4v) is 4.90. The smallest absolute Gasteiger partial charge is 0.162 e. The van der Waals surface area contributed by atoms with Gasteiger partial charge in [-0.3, -0.25) is 4.79 Å². The van der Waals surface area contributed by atoms with Crippen LogP contribution in [0.5, 0.6) is 5.75 Å². The van der Waals surface area contributed by atoms with E-state index in [2.05, 4.69) is 27.7 Å². The Morgan fingerprint density at radius 3 is 2.52 bits per heavy atom. The highest BCUT2D eigenvalue weighted by Crippen LogP contribution is 2.31. The second-order valence-corrected chi connectivity index (χ2v) is 9.05. The van der Waals surface area contributed by atoms with Gasteiger partial charge in [-0.05, 0) is 88.0 Å². The number of ketones is 1. The van der Waals surface area contributed by atoms with Crippen molar-refractivity contribution in [3.63, 3.8) is 0 Å². The molecule has 0 bridgehead atoms. The molecule has 0 spiro atoms. The van der Waals surface area contributed by atoms with Crippen LogP contribution >= 0.6 is 11.6 Å². The second-order valence-electron chi connectivity index (χ2n) is 8.62. The van der Waals surface area contributed by atoms with E-state index in [9.17, 15) is 4.79 Å². The van der Waals surface area contributed by atoms with Crippen molar-refractivity contribution in [2.45, 2.75) is 39.2 Å². The summed E-state index contributed by atoms with van der Waals surface area (Å²) < 4.78 is 7.72. The molecule has 164 valence electrons. The standard InChI is InChI=1S/C26H31ClN2O2/c1-19(30)23-18-29(24-5-3-6-25(31-2)26(23)24)14-4-13-28-15-11-21(12-16-28)17-20-7-9-22(27)10-8-20/h3,5-10,18,21H,4,11-17H2,1-2H3. The Kier molecular flexibility index (Phi) is 6.99. The summed E-state index contributed by atoms with van der Waals surface area (Å²) in [5.74, 6) is 1.61. The molecule has 2 heterocycles. The van der Waals surface area contributed by atoms with E-state index in [1.54, 1.807) is 14.0 Å². The first-order valence-electron chi connectivity index (χ1n) is 11.2. The van der Waals surface area contributed by atoms with E-state index in [1.165, 1.54) is 18.4 Å². The van der Waals surface area contributed by atoms with Gasteiger partial charge < -0.3 is 14.2 Å². The monoisotopic (exact) mass is 438 g/mol. The number of benzene rings is 2. The molecule has 0 saturated carbocycles. The van der Waals surface area contributed by atoms with E-state index in [0.29, 0.717) is 0 Å². The number of methoxy groups -OCH3 is 1. The molecule has 31 heavy (non-hydrogen) atoms. The molecule has 4 nitrogen and oxygen atoms in total. The van der Waals surface area contributed by atoms with Crippen LogP contribution < -0.4 is 4.74 Å². The average molecular weight is 439 g/mol. The maximum absolute atomic E-state index is 12.2. The van der Waals surface area contributed by atoms with Crippen LogP contribution in [-0.4, -0.2) is 42.0 Å². The molecule has 5 heteroatoms. The molecule has 3 aromatic rings. The molecule has 0 amide bonds. The number of aryl methyl sites for hydroxylation is 1. The lowest BCUT2D eigenvalue weighted by molar-refractivity contribution is 0.101. The number of aromatic nitrogens is 1. The summed E-state index contributed by atoms with van der Waals surface area (Å²) in [6.45, 7) is 5.95. The summed E-state index contributed by atoms with van der Waals surface area (Å²) in [5.41, 5.74) is 3.21. The summed E-state index contributed by atoms with van der Waals surface area (Å²) in [6.07, 6.45) is 6.71. The Hall–Kier alpha value is -2.30. The fraction of sp³-hybridized carbons (Fsp3) is 0.423. The quantitative estimate of drug-likeness (QED) is 0.413. The number of likely N-dealkylation sites (tertiary alicyclic amines) is 1. The number of hydrogen-bond donors (Lipinski definition) is 0. The second kappa shape index (κ2) is 9.88. The number of Topliss-reactive ketones (excluding diaryl/α,β-unsaturated/α-hetero) is 1. The van der Waals surface area contributed by atoms with Gasteiger partial charge in [-0.15, -0.1) is 0 Å². The van der Waals surface area contributed by atoms with Crippen LogP contribution in [0.15, 0.2) is 48.7 Å². The number of fused-ring (bicyclic) bond motifs is 1. The van der Waals surface area contributed by atoms with Crippen molar-refractivity contribution in [1.82, 2.24) is 9.47 Å². The van der Waals surface area contributed by atoms with Gasteiger partial charge in [-0.25, -0.2) is 0 Å². The fourth-order valence-electron chi connectivity index (χ4n) is 4.77. The predicted octanol–water partition coefficient (Wildman–Crippen LogP) is 5.85. The largest absolute Gasteiger partial charge is 0.496 e. The summed E-state index contributed by atoms with van der Waals surface area (Å²) >= 11 is 6.00. The molecule has 4 rings (SSSR count). The summed E-state index contributed by atoms with van der Waals surface area (Å²) in [7, 11) is 1.66. The zero-order valence-electron chi connectivity index (χ0n) is 18.4. The van der Waals surface area contributed by atoms with Gasteiger partial charge in [-0.1, -0.05) is 29.8 Å². The van der Waals surface area contributed by atoms with E-state index in [4.69, 9.17) is 16.3 Å². The van der Waals surface area contributed by atoms with E-state index in [1.807, 2.05) is 30.5 Å². The normalized spacial score (nSPS) is 15.5. The van der Waals surface area contributed by atoms with Gasteiger partial charge in [0.05, 0.1) is 18.0 Å². The number of rotatable bonds is 8. The number of halogens is 1. The van der Waals surface area contributed by atoms with Crippen LogP contribution in [0.2, 0.25) is 5.02 Å². The first-order valence-corrected chi connectivity index (χ1v) is 11.6. The minimum Gasteiger partial charge on any atom is -0.496 e. The average Bonchev–Trinajstić information content (AvgIpc) is 3.16. The van der Waals surface area contributed by atoms with Crippen molar-refractivity contribution in [2.75, 3.05) is 26.7 Å². The Balaban J connectivity index is 1.31. The zero-order valence-corrected chi connectivity index (χ0v) is 19.2. The summed E-state index contributed by atoms with van der Waals surface area (Å²) in [6, 6.07) is 14.3. The van der Waals surface area contributed by atoms with Crippen LogP contribution in [0.4, 0.5) is 0 Å². The van der Waals surface area contributed by atoms with Crippen molar-refractivity contribution in [1.29, 1.82) is 0 Å². The lowest BCUT2D eigenvalue weighted by atomic mass is 9.90. The van der Waals surface area contributed by atoms with Gasteiger partial charge in [-0.2, -0.15) is 0 Å². The highest BCUT2D eigenvalue weighted by molar-refractivity contribution is 6.30. The first kappa shape index (κ1) is 21.9. The molecule has 0 aliphatic carbocycles. The minimum absolute atomic E-state index is 0.0796. The molecule has 0 N–H and O–H groups in total. The van der Waals surface area contributed by atoms with Crippen molar-refractivity contribution >= 4 is 28.3 Å². The van der Waals surface area contributed by atoms with Crippen LogP contribution in [-0.2, 0) is 13.0 Å². The third-order valence-electron chi connectivity index (χ3n) is 6.49. The first-order chi connectivity index (χ1) is 15.0. The molecule has 2 aromatic carbocycles. The molecule has 1 aromatic heterocycles. The van der Waals surface area contributed by atoms with Gasteiger partial charge in [0, 0.05) is 23.3 Å². The maximum atomic E-state index is 12.2. The van der Waals surface area contributed by atoms with Gasteiger partial charge in [0.15, 0.2) is 5.78 Å². The number of nitrogens with zero attached hydrogens (tertiary/aromatic N) is 2. The summed E-state index contributed by atoms with van der Waals surface area (Å²) in [4.78, 5) is 14.7. The Bertz CT molecular complexity index is 1030. The highest BCUT2D eigenvalue weighted by Gasteiger charge is 2.20. The highest BCUT2D eigenvalue weighted by atomic mass is 35.5. The minimum atomic E-state index is 0.0796. The van der Waals surface area contributed by atoms with E-state index in [0.717, 1.165) is 72.2 Å². The topological polar surface area (TPSA) is 34.5 Å². The van der Waals surface area contributed by atoms with E-state index >= 15 is 0 Å². The number of piperidine rings is 1. The number of carbonyl (C=O) groups excluding carboxylic acids is 1. The molecule has 1 saturated heterocycles. The van der Waals surface area contributed by atoms with Crippen LogP contribution in [0.3, 0.4) is 0 Å². The van der Waals surface area contributed by atoms with E-state index < -0.39 is 0 Å². The third kappa shape index (κ3) is 5.13. The Labute approximate surface area is 189 Å². The molecular formula is C26H31ClN2O2. The molecule has 1 aliphatic rings. The van der Waals surface area contributed by atoms with E-state index in [-0.39, 0.29) is 5.78 Å². The molecular weight excluding hydrogens is 408 g/mol. The summed E-state index contributed by atoms with van der Waals surface area (Å²) in [5, 5.41) is 1.74. The van der Waals surface area contributed by atoms with Crippen molar-refractivity contribution in [3.05, 3.63) is 64.8 Å². The molecule has 0 unspecified atom stereocenters. The maximum Gasteiger partial charge on any atom is 0.162 e. The van der Waals surface area contributed by atoms with Crippen molar-refractivity contribution in [2.24, 2.45) is 5.92 Å². The van der Waals surface area contributed by atoms with Gasteiger partial charge in [0.1, 0.15) is 5.75 Å². The van der Waals surface area contributed by atoms with Crippen LogP contribution in [0, 0.1) is 5.92 Å². The van der Waals surface area contributed by atoms with Crippen LogP contribution in [0.25, 0.3) is 10.9 Å². The van der Waals surface area contributed by atoms with Crippen LogP contribution in [0.1, 0.15) is 42.1 Å². The molecule has 1 fully saturated rings. The molecule has 0 radical (unpaired) electrons. The SMILES string of the molecule is COc1cccc2c1c(C(C)=O)cn2CCCN1CCC(Cc2ccc(Cl)cc2)CC1. The number of ether oxygens (including phenoxy) is 1. The van der Waals surface area contributed by atoms with Crippen molar-refractivity contribution < 1.29 is 9.53 Å². The van der Waals surface area contributed by atoms with Crippen molar-refractivity contribution in [3.8, 4) is 5.75 Å². The molecule has 1 aliphatic heterocycles.